The first-order valence-electron chi connectivity index (χ1n) is 7.71. The average molecular weight is 316 g/mol. The summed E-state index contributed by atoms with van der Waals surface area (Å²) >= 11 is 0. The molecule has 1 amide bonds. The molecule has 0 saturated heterocycles. The zero-order valence-electron chi connectivity index (χ0n) is 13.2. The zero-order valence-corrected chi connectivity index (χ0v) is 13.2. The molecule has 0 saturated carbocycles. The maximum Gasteiger partial charge on any atom is 0.251 e. The normalized spacial score (nSPS) is 12.7. The predicted octanol–water partition coefficient (Wildman–Crippen LogP) is 0.277. The SMILES string of the molecule is CCCCCCNC(=O)[C@@H](N)CCCCN=C(N)N[N+](=O)[O-]. The Balaban J connectivity index is 3.65. The molecular formula is C13H28N6O3. The van der Waals surface area contributed by atoms with E-state index in [4.69, 9.17) is 11.5 Å². The van der Waals surface area contributed by atoms with Crippen LogP contribution in [0.5, 0.6) is 0 Å². The summed E-state index contributed by atoms with van der Waals surface area (Å²) in [6, 6.07) is -0.524. The first-order chi connectivity index (χ1) is 10.5. The highest BCUT2D eigenvalue weighted by Gasteiger charge is 2.11. The number of hydrogen-bond acceptors (Lipinski definition) is 5. The number of aliphatic imine (C=N–C) groups is 1. The van der Waals surface area contributed by atoms with Crippen LogP contribution < -0.4 is 22.2 Å². The molecule has 22 heavy (non-hydrogen) atoms. The van der Waals surface area contributed by atoms with Crippen molar-refractivity contribution in [3.05, 3.63) is 10.1 Å². The Bertz CT molecular complexity index is 362. The van der Waals surface area contributed by atoms with Crippen molar-refractivity contribution in [1.82, 2.24) is 10.7 Å². The number of guanidine groups is 1. The minimum atomic E-state index is -0.764. The van der Waals surface area contributed by atoms with Crippen LogP contribution >= 0.6 is 0 Å². The van der Waals surface area contributed by atoms with Crippen molar-refractivity contribution < 1.29 is 9.83 Å². The number of hydrazine groups is 1. The van der Waals surface area contributed by atoms with E-state index in [1.165, 1.54) is 6.42 Å². The molecule has 0 aliphatic carbocycles. The van der Waals surface area contributed by atoms with E-state index in [1.807, 2.05) is 0 Å². The summed E-state index contributed by atoms with van der Waals surface area (Å²) in [5.41, 5.74) is 12.8. The van der Waals surface area contributed by atoms with Crippen LogP contribution in [0.25, 0.3) is 0 Å². The summed E-state index contributed by atoms with van der Waals surface area (Å²) in [4.78, 5) is 25.6. The number of nitrogens with one attached hydrogen (secondary N) is 2. The Kier molecular flexibility index (Phi) is 11.7. The quantitative estimate of drug-likeness (QED) is 0.133. The predicted molar refractivity (Wildman–Crippen MR) is 85.6 cm³/mol. The zero-order chi connectivity index (χ0) is 16.8. The number of nitrogens with two attached hydrogens (primary N) is 2. The first-order valence-corrected chi connectivity index (χ1v) is 7.71. The fourth-order valence-corrected chi connectivity index (χ4v) is 1.83. The molecule has 0 rings (SSSR count). The molecule has 0 unspecified atom stereocenters. The van der Waals surface area contributed by atoms with Gasteiger partial charge in [-0.15, -0.1) is 0 Å². The van der Waals surface area contributed by atoms with Gasteiger partial charge in [0.1, 0.15) is 0 Å². The number of nitrogens with zero attached hydrogens (tertiary/aromatic N) is 2. The highest BCUT2D eigenvalue weighted by molar-refractivity contribution is 5.81. The van der Waals surface area contributed by atoms with Gasteiger partial charge in [-0.3, -0.25) is 4.79 Å². The van der Waals surface area contributed by atoms with Gasteiger partial charge in [-0.25, -0.2) is 15.1 Å². The highest BCUT2D eigenvalue weighted by Crippen LogP contribution is 2.01. The number of amides is 1. The molecule has 0 aromatic heterocycles. The summed E-state index contributed by atoms with van der Waals surface area (Å²) in [5, 5.41) is 12.1. The summed E-state index contributed by atoms with van der Waals surface area (Å²) in [7, 11) is 0. The van der Waals surface area contributed by atoms with Gasteiger partial charge in [0.15, 0.2) is 5.03 Å². The molecule has 9 heteroatoms. The number of unbranched alkanes of at least 4 members (excludes halogenated alkanes) is 4. The van der Waals surface area contributed by atoms with E-state index in [1.54, 1.807) is 5.43 Å². The smallest absolute Gasteiger partial charge is 0.251 e. The lowest BCUT2D eigenvalue weighted by molar-refractivity contribution is -0.525. The van der Waals surface area contributed by atoms with Crippen molar-refractivity contribution in [3.8, 4) is 0 Å². The molecule has 6 N–H and O–H groups in total. The van der Waals surface area contributed by atoms with Gasteiger partial charge < -0.3 is 16.8 Å². The minimum absolute atomic E-state index is 0.130. The Morgan fingerprint density at radius 2 is 2.00 bits per heavy atom. The van der Waals surface area contributed by atoms with Gasteiger partial charge in [-0.1, -0.05) is 31.6 Å². The lowest BCUT2D eigenvalue weighted by Crippen LogP contribution is -2.40. The lowest BCUT2D eigenvalue weighted by atomic mass is 10.1. The third-order valence-corrected chi connectivity index (χ3v) is 3.08. The highest BCUT2D eigenvalue weighted by atomic mass is 16.7. The van der Waals surface area contributed by atoms with Gasteiger partial charge in [-0.05, 0) is 25.7 Å². The van der Waals surface area contributed by atoms with Crippen molar-refractivity contribution in [2.75, 3.05) is 13.1 Å². The van der Waals surface area contributed by atoms with Crippen LogP contribution in [-0.2, 0) is 4.79 Å². The van der Waals surface area contributed by atoms with Crippen LogP contribution in [0.3, 0.4) is 0 Å². The van der Waals surface area contributed by atoms with E-state index >= 15 is 0 Å². The van der Waals surface area contributed by atoms with Gasteiger partial charge >= 0.3 is 0 Å². The van der Waals surface area contributed by atoms with Crippen LogP contribution in [0.4, 0.5) is 0 Å². The van der Waals surface area contributed by atoms with Gasteiger partial charge in [-0.2, -0.15) is 0 Å². The summed E-state index contributed by atoms with van der Waals surface area (Å²) in [6.45, 7) is 3.16. The van der Waals surface area contributed by atoms with Crippen LogP contribution in [0, 0.1) is 10.1 Å². The Morgan fingerprint density at radius 3 is 2.64 bits per heavy atom. The fourth-order valence-electron chi connectivity index (χ4n) is 1.83. The molecule has 128 valence electrons. The molecule has 0 fully saturated rings. The number of nitro groups is 1. The van der Waals surface area contributed by atoms with Crippen molar-refractivity contribution in [3.63, 3.8) is 0 Å². The second-order valence-corrected chi connectivity index (χ2v) is 5.09. The van der Waals surface area contributed by atoms with Crippen LogP contribution in [0.2, 0.25) is 0 Å². The van der Waals surface area contributed by atoms with Crippen LogP contribution in [-0.4, -0.2) is 36.0 Å². The number of carbonyl (C=O) groups is 1. The molecule has 0 heterocycles. The first kappa shape index (κ1) is 20.1. The number of rotatable bonds is 12. The molecule has 9 nitrogen and oxygen atoms in total. The number of hydrogen-bond donors (Lipinski definition) is 4. The monoisotopic (exact) mass is 316 g/mol. The summed E-state index contributed by atoms with van der Waals surface area (Å²) in [6.07, 6.45) is 6.36. The maximum atomic E-state index is 11.7. The molecule has 0 aliphatic heterocycles. The van der Waals surface area contributed by atoms with E-state index < -0.39 is 11.1 Å². The van der Waals surface area contributed by atoms with Crippen molar-refractivity contribution >= 4 is 11.9 Å². The molecule has 0 radical (unpaired) electrons. The lowest BCUT2D eigenvalue weighted by Gasteiger charge is -2.11. The molecule has 0 aliphatic rings. The van der Waals surface area contributed by atoms with Gasteiger partial charge in [0, 0.05) is 13.1 Å². The van der Waals surface area contributed by atoms with E-state index in [9.17, 15) is 14.9 Å². The topological polar surface area (TPSA) is 149 Å². The molecule has 0 bridgehead atoms. The van der Waals surface area contributed by atoms with Crippen molar-refractivity contribution in [2.45, 2.75) is 57.9 Å². The fraction of sp³-hybridized carbons (Fsp3) is 0.846. The second kappa shape index (κ2) is 12.8. The molecule has 0 aromatic rings. The number of carbonyl (C=O) groups excluding carboxylic acids is 1. The van der Waals surface area contributed by atoms with Crippen LogP contribution in [0.15, 0.2) is 4.99 Å². The Labute approximate surface area is 131 Å². The van der Waals surface area contributed by atoms with E-state index in [2.05, 4.69) is 17.2 Å². The van der Waals surface area contributed by atoms with Gasteiger partial charge in [0.25, 0.3) is 5.96 Å². The summed E-state index contributed by atoms with van der Waals surface area (Å²) < 4.78 is 0. The average Bonchev–Trinajstić information content (AvgIpc) is 2.45. The Morgan fingerprint density at radius 1 is 1.27 bits per heavy atom. The molecule has 1 atom stereocenters. The Hall–Kier alpha value is -1.90. The second-order valence-electron chi connectivity index (χ2n) is 5.09. The van der Waals surface area contributed by atoms with E-state index in [-0.39, 0.29) is 11.9 Å². The van der Waals surface area contributed by atoms with Crippen molar-refractivity contribution in [2.24, 2.45) is 16.5 Å². The third-order valence-electron chi connectivity index (χ3n) is 3.08. The van der Waals surface area contributed by atoms with E-state index in [0.29, 0.717) is 32.4 Å². The minimum Gasteiger partial charge on any atom is -0.365 e. The molecule has 0 aromatic carbocycles. The maximum absolute atomic E-state index is 11.7. The van der Waals surface area contributed by atoms with Crippen LogP contribution in [0.1, 0.15) is 51.9 Å². The standard InChI is InChI=1S/C13H28N6O3/c1-2-3-4-6-9-16-12(20)11(14)8-5-7-10-17-13(15)18-19(21)22/h11H,2-10,14H2,1H3,(H,16,20)(H3,15,17,18)/t11-/m0/s1. The van der Waals surface area contributed by atoms with E-state index in [0.717, 1.165) is 19.3 Å². The molecule has 0 spiro atoms. The van der Waals surface area contributed by atoms with Gasteiger partial charge in [0.2, 0.25) is 5.91 Å². The van der Waals surface area contributed by atoms with Gasteiger partial charge in [0.05, 0.1) is 6.04 Å². The third kappa shape index (κ3) is 11.9. The largest absolute Gasteiger partial charge is 0.365 e. The molecular weight excluding hydrogens is 288 g/mol. The van der Waals surface area contributed by atoms with Crippen molar-refractivity contribution in [1.29, 1.82) is 0 Å². The summed E-state index contributed by atoms with van der Waals surface area (Å²) in [5.74, 6) is -0.353.